The first-order valence-electron chi connectivity index (χ1n) is 8.69. The summed E-state index contributed by atoms with van der Waals surface area (Å²) in [5.74, 6) is -1.99. The first kappa shape index (κ1) is 21.0. The van der Waals surface area contributed by atoms with Crippen molar-refractivity contribution in [1.29, 1.82) is 0 Å². The minimum absolute atomic E-state index is 0.0618. The Balaban J connectivity index is 2.18. The van der Waals surface area contributed by atoms with Crippen LogP contribution in [0.3, 0.4) is 0 Å². The largest absolute Gasteiger partial charge is 0.512 e. The molecule has 0 saturated heterocycles. The number of carbonyl (C=O) groups is 1. The number of benzene rings is 1. The van der Waals surface area contributed by atoms with Gasteiger partial charge in [-0.05, 0) is 60.5 Å². The number of halogens is 4. The van der Waals surface area contributed by atoms with Crippen LogP contribution in [0.5, 0.6) is 0 Å². The van der Waals surface area contributed by atoms with Crippen molar-refractivity contribution < 1.29 is 27.5 Å². The Hall–Kier alpha value is -3.68. The van der Waals surface area contributed by atoms with Crippen LogP contribution >= 0.6 is 0 Å². The van der Waals surface area contributed by atoms with Gasteiger partial charge in [-0.1, -0.05) is 12.7 Å². The Bertz CT molecular complexity index is 1090. The van der Waals surface area contributed by atoms with Crippen LogP contribution in [0.25, 0.3) is 16.7 Å². The van der Waals surface area contributed by atoms with Gasteiger partial charge >= 0.3 is 6.18 Å². The van der Waals surface area contributed by atoms with Crippen LogP contribution in [-0.2, 0) is 11.0 Å². The Morgan fingerprint density at radius 2 is 1.87 bits per heavy atom. The number of carbonyl (C=O) groups excluding carboxylic acids is 1. The molecule has 4 nitrogen and oxygen atoms in total. The molecule has 1 amide bonds. The van der Waals surface area contributed by atoms with Crippen LogP contribution in [-0.4, -0.2) is 20.9 Å². The van der Waals surface area contributed by atoms with E-state index < -0.39 is 29.4 Å². The number of aromatic nitrogens is 1. The third-order valence-electron chi connectivity index (χ3n) is 4.35. The van der Waals surface area contributed by atoms with Crippen LogP contribution in [0.2, 0.25) is 0 Å². The Morgan fingerprint density at radius 1 is 1.13 bits per heavy atom. The molecule has 30 heavy (non-hydrogen) atoms. The quantitative estimate of drug-likeness (QED) is 0.306. The van der Waals surface area contributed by atoms with E-state index in [-0.39, 0.29) is 28.0 Å². The fourth-order valence-electron chi connectivity index (χ4n) is 2.93. The predicted molar refractivity (Wildman–Crippen MR) is 104 cm³/mol. The average molecular weight is 416 g/mol. The zero-order valence-electron chi connectivity index (χ0n) is 15.7. The van der Waals surface area contributed by atoms with Gasteiger partial charge in [0.1, 0.15) is 5.76 Å². The summed E-state index contributed by atoms with van der Waals surface area (Å²) in [4.78, 5) is 17.6. The fraction of sp³-hybridized carbons (Fsp3) is 0.0909. The fourth-order valence-corrected chi connectivity index (χ4v) is 2.93. The molecule has 0 fully saturated rings. The Kier molecular flexibility index (Phi) is 5.60. The molecule has 1 aliphatic heterocycles. The van der Waals surface area contributed by atoms with Gasteiger partial charge in [-0.2, -0.15) is 17.6 Å². The highest BCUT2D eigenvalue weighted by molar-refractivity contribution is 6.21. The van der Waals surface area contributed by atoms with E-state index in [2.05, 4.69) is 11.6 Å². The average Bonchev–Trinajstić information content (AvgIpc) is 2.67. The van der Waals surface area contributed by atoms with E-state index >= 15 is 0 Å². The molecule has 0 bridgehead atoms. The molecule has 1 aromatic heterocycles. The van der Waals surface area contributed by atoms with Crippen molar-refractivity contribution >= 4 is 11.5 Å². The number of nitrogens with zero attached hydrogens (tertiary/aromatic N) is 2. The number of hydrogen-bond acceptors (Lipinski definition) is 3. The van der Waals surface area contributed by atoms with Crippen LogP contribution in [0, 0.1) is 5.95 Å². The van der Waals surface area contributed by atoms with E-state index in [1.54, 1.807) is 18.2 Å². The lowest BCUT2D eigenvalue weighted by Gasteiger charge is -2.23. The van der Waals surface area contributed by atoms with Crippen molar-refractivity contribution in [1.82, 2.24) is 9.88 Å². The second-order valence-corrected chi connectivity index (χ2v) is 6.49. The highest BCUT2D eigenvalue weighted by Gasteiger charge is 2.33. The Morgan fingerprint density at radius 3 is 2.43 bits per heavy atom. The molecule has 2 heterocycles. The number of aliphatic hydroxyl groups excluding tert-OH is 1. The third-order valence-corrected chi connectivity index (χ3v) is 4.35. The summed E-state index contributed by atoms with van der Waals surface area (Å²) >= 11 is 0. The first-order valence-corrected chi connectivity index (χ1v) is 8.69. The van der Waals surface area contributed by atoms with E-state index in [1.807, 2.05) is 0 Å². The van der Waals surface area contributed by atoms with Gasteiger partial charge in [-0.3, -0.25) is 9.69 Å². The topological polar surface area (TPSA) is 53.4 Å². The van der Waals surface area contributed by atoms with E-state index in [4.69, 9.17) is 0 Å². The van der Waals surface area contributed by atoms with E-state index in [9.17, 15) is 27.5 Å². The van der Waals surface area contributed by atoms with Crippen LogP contribution in [0.1, 0.15) is 18.1 Å². The number of pyridine rings is 1. The molecule has 0 spiro atoms. The third kappa shape index (κ3) is 4.32. The molecular weight excluding hydrogens is 400 g/mol. The summed E-state index contributed by atoms with van der Waals surface area (Å²) in [6.07, 6.45) is 2.51. The zero-order chi connectivity index (χ0) is 22.1. The number of aliphatic hydroxyl groups is 1. The van der Waals surface area contributed by atoms with Gasteiger partial charge in [0.25, 0.3) is 5.91 Å². The SMILES string of the molecule is C=C1C=CC=CN1C(=O)/C(=C(\C)O)c1cc(-c2ccc(F)nc2)cc(C(F)(F)F)c1. The number of hydrogen-bond donors (Lipinski definition) is 1. The number of amides is 1. The maximum absolute atomic E-state index is 13.5. The summed E-state index contributed by atoms with van der Waals surface area (Å²) in [6.45, 7) is 4.93. The van der Waals surface area contributed by atoms with E-state index in [0.717, 1.165) is 29.3 Å². The smallest absolute Gasteiger partial charge is 0.416 e. The van der Waals surface area contributed by atoms with Crippen LogP contribution < -0.4 is 0 Å². The molecule has 2 aromatic rings. The molecule has 1 aliphatic rings. The van der Waals surface area contributed by atoms with Crippen LogP contribution in [0.4, 0.5) is 17.6 Å². The lowest BCUT2D eigenvalue weighted by Crippen LogP contribution is -2.26. The van der Waals surface area contributed by atoms with Gasteiger partial charge in [0.2, 0.25) is 5.95 Å². The lowest BCUT2D eigenvalue weighted by atomic mass is 9.95. The van der Waals surface area contributed by atoms with Gasteiger partial charge in [0.15, 0.2) is 0 Å². The summed E-state index contributed by atoms with van der Waals surface area (Å²) < 4.78 is 53.7. The molecule has 0 atom stereocenters. The predicted octanol–water partition coefficient (Wildman–Crippen LogP) is 5.62. The number of alkyl halides is 3. The molecule has 154 valence electrons. The molecule has 8 heteroatoms. The van der Waals surface area contributed by atoms with Crippen LogP contribution in [0.15, 0.2) is 79.0 Å². The molecule has 0 saturated carbocycles. The van der Waals surface area contributed by atoms with Crippen molar-refractivity contribution in [2.45, 2.75) is 13.1 Å². The van der Waals surface area contributed by atoms with Crippen molar-refractivity contribution in [3.05, 3.63) is 96.1 Å². The van der Waals surface area contributed by atoms with Gasteiger partial charge in [-0.25, -0.2) is 4.98 Å². The summed E-state index contributed by atoms with van der Waals surface area (Å²) in [5, 5.41) is 10.2. The molecule has 3 rings (SSSR count). The molecule has 0 aliphatic carbocycles. The maximum atomic E-state index is 13.5. The maximum Gasteiger partial charge on any atom is 0.416 e. The standard InChI is InChI=1S/C22H16F4N2O2/c1-13-5-3-4-8-28(13)21(30)20(14(2)29)17-9-16(10-18(11-17)22(24,25)26)15-6-7-19(23)27-12-15/h3-12,29H,1H2,2H3/b20-14+. The second-order valence-electron chi connectivity index (χ2n) is 6.49. The number of rotatable bonds is 3. The van der Waals surface area contributed by atoms with Crippen molar-refractivity contribution in [3.8, 4) is 11.1 Å². The van der Waals surface area contributed by atoms with Crippen molar-refractivity contribution in [3.63, 3.8) is 0 Å². The zero-order valence-corrected chi connectivity index (χ0v) is 15.7. The van der Waals surface area contributed by atoms with Gasteiger partial charge in [0, 0.05) is 23.7 Å². The minimum Gasteiger partial charge on any atom is -0.512 e. The normalized spacial score (nSPS) is 14.7. The second kappa shape index (κ2) is 7.98. The molecule has 1 N–H and O–H groups in total. The Labute approximate surface area is 169 Å². The molecular formula is C22H16F4N2O2. The van der Waals surface area contributed by atoms with Gasteiger partial charge in [0.05, 0.1) is 11.1 Å². The van der Waals surface area contributed by atoms with Gasteiger partial charge in [-0.15, -0.1) is 0 Å². The van der Waals surface area contributed by atoms with Crippen molar-refractivity contribution in [2.24, 2.45) is 0 Å². The first-order chi connectivity index (χ1) is 14.1. The highest BCUT2D eigenvalue weighted by atomic mass is 19.4. The molecule has 0 radical (unpaired) electrons. The van der Waals surface area contributed by atoms with E-state index in [0.29, 0.717) is 0 Å². The number of allylic oxidation sites excluding steroid dienone is 4. The monoisotopic (exact) mass is 416 g/mol. The molecule has 0 unspecified atom stereocenters. The van der Waals surface area contributed by atoms with E-state index in [1.165, 1.54) is 25.3 Å². The summed E-state index contributed by atoms with van der Waals surface area (Å²) in [7, 11) is 0. The molecule has 1 aromatic carbocycles. The lowest BCUT2D eigenvalue weighted by molar-refractivity contribution is -0.137. The highest BCUT2D eigenvalue weighted by Crippen LogP contribution is 2.36. The minimum atomic E-state index is -4.72. The summed E-state index contributed by atoms with van der Waals surface area (Å²) in [5.41, 5.74) is -0.929. The summed E-state index contributed by atoms with van der Waals surface area (Å²) in [6, 6.07) is 5.25. The van der Waals surface area contributed by atoms with Crippen molar-refractivity contribution in [2.75, 3.05) is 0 Å². The van der Waals surface area contributed by atoms with Gasteiger partial charge < -0.3 is 5.11 Å².